The molecule has 1 heterocycles. The molecule has 1 amide bonds. The zero-order valence-electron chi connectivity index (χ0n) is 13.8. The van der Waals surface area contributed by atoms with Crippen LogP contribution in [0.2, 0.25) is 10.0 Å². The van der Waals surface area contributed by atoms with Crippen molar-refractivity contribution in [1.82, 2.24) is 4.90 Å². The van der Waals surface area contributed by atoms with Crippen LogP contribution in [0.25, 0.3) is 6.08 Å². The number of halogens is 3. The minimum Gasteiger partial charge on any atom is -0.335 e. The summed E-state index contributed by atoms with van der Waals surface area (Å²) in [5, 5.41) is 0.946. The van der Waals surface area contributed by atoms with Crippen molar-refractivity contribution in [2.75, 3.05) is 13.1 Å². The quantitative estimate of drug-likeness (QED) is 0.367. The molecule has 2 aromatic rings. The second kappa shape index (κ2) is 9.14. The molecule has 2 nitrogen and oxygen atoms in total. The van der Waals surface area contributed by atoms with Crippen molar-refractivity contribution in [3.05, 3.63) is 74.7 Å². The van der Waals surface area contributed by atoms with Crippen LogP contribution < -0.4 is 0 Å². The molecule has 0 spiro atoms. The van der Waals surface area contributed by atoms with Gasteiger partial charge in [0.2, 0.25) is 5.91 Å². The third-order valence-electron chi connectivity index (χ3n) is 3.88. The average Bonchev–Trinajstić information content (AvgIpc) is 2.65. The highest BCUT2D eigenvalue weighted by Crippen LogP contribution is 2.39. The number of hydrogen-bond acceptors (Lipinski definition) is 2. The molecule has 134 valence electrons. The van der Waals surface area contributed by atoms with E-state index in [0.717, 1.165) is 32.8 Å². The molecule has 3 rings (SSSR count). The first-order chi connectivity index (χ1) is 12.5. The van der Waals surface area contributed by atoms with Crippen LogP contribution in [0.1, 0.15) is 12.0 Å². The summed E-state index contributed by atoms with van der Waals surface area (Å²) in [4.78, 5) is 16.0. The van der Waals surface area contributed by atoms with Gasteiger partial charge in [0.25, 0.3) is 0 Å². The molecule has 26 heavy (non-hydrogen) atoms. The Labute approximate surface area is 176 Å². The number of carbonyl (C=O) groups excluding carboxylic acids is 1. The van der Waals surface area contributed by atoms with Gasteiger partial charge in [0, 0.05) is 33.4 Å². The molecule has 0 unspecified atom stereocenters. The van der Waals surface area contributed by atoms with E-state index < -0.39 is 0 Å². The summed E-state index contributed by atoms with van der Waals surface area (Å²) in [6.45, 7) is 1.40. The van der Waals surface area contributed by atoms with E-state index in [9.17, 15) is 4.79 Å². The molecule has 0 radical (unpaired) electrons. The van der Waals surface area contributed by atoms with Gasteiger partial charge in [-0.2, -0.15) is 0 Å². The van der Waals surface area contributed by atoms with Crippen molar-refractivity contribution in [2.24, 2.45) is 0 Å². The van der Waals surface area contributed by atoms with Crippen LogP contribution in [0, 0.1) is 0 Å². The summed E-state index contributed by atoms with van der Waals surface area (Å²) >= 11 is 17.9. The Hall–Kier alpha value is -1.20. The van der Waals surface area contributed by atoms with Crippen molar-refractivity contribution in [2.45, 2.75) is 16.2 Å². The lowest BCUT2D eigenvalue weighted by molar-refractivity contribution is -0.125. The van der Waals surface area contributed by atoms with E-state index in [1.165, 1.54) is 0 Å². The van der Waals surface area contributed by atoms with Gasteiger partial charge in [-0.15, -0.1) is 0 Å². The van der Waals surface area contributed by atoms with Crippen LogP contribution >= 0.6 is 50.9 Å². The maximum Gasteiger partial charge on any atom is 0.246 e. The van der Waals surface area contributed by atoms with E-state index >= 15 is 0 Å². The number of amides is 1. The van der Waals surface area contributed by atoms with Gasteiger partial charge >= 0.3 is 0 Å². The smallest absolute Gasteiger partial charge is 0.246 e. The summed E-state index contributed by atoms with van der Waals surface area (Å²) in [5.74, 6) is -0.0193. The molecular formula is C20H16BrCl2NOS. The van der Waals surface area contributed by atoms with E-state index in [0.29, 0.717) is 16.6 Å². The second-order valence-corrected chi connectivity index (χ2v) is 8.50. The number of rotatable bonds is 4. The number of hydrogen-bond donors (Lipinski definition) is 0. The minimum atomic E-state index is -0.0193. The third-order valence-corrected chi connectivity index (χ3v) is 6.43. The van der Waals surface area contributed by atoms with Gasteiger partial charge in [0.1, 0.15) is 0 Å². The average molecular weight is 469 g/mol. The highest BCUT2D eigenvalue weighted by atomic mass is 79.9. The predicted octanol–water partition coefficient (Wildman–Crippen LogP) is 6.71. The van der Waals surface area contributed by atoms with Gasteiger partial charge in [0.15, 0.2) is 0 Å². The lowest BCUT2D eigenvalue weighted by Gasteiger charge is -2.21. The number of carbonyl (C=O) groups is 1. The number of nitrogens with zero attached hydrogens (tertiary/aromatic N) is 1. The van der Waals surface area contributed by atoms with Gasteiger partial charge < -0.3 is 4.90 Å². The van der Waals surface area contributed by atoms with E-state index in [1.807, 2.05) is 42.5 Å². The second-order valence-electron chi connectivity index (χ2n) is 5.72. The molecule has 0 bridgehead atoms. The fourth-order valence-corrected chi connectivity index (χ4v) is 4.56. The standard InChI is InChI=1S/C20H16BrCl2NOS/c21-15-5-4-6-16(13-15)26-17-9-7-14(19(22)20(17)23)8-10-18(25)24-11-2-1-3-12-24/h1-2,4-10,13H,3,11-12H2/b10-8+. The highest BCUT2D eigenvalue weighted by Gasteiger charge is 2.13. The van der Waals surface area contributed by atoms with Crippen molar-refractivity contribution in [1.29, 1.82) is 0 Å². The SMILES string of the molecule is O=C(/C=C/c1ccc(Sc2cccc(Br)c2)c(Cl)c1Cl)N1CC=CCC1. The predicted molar refractivity (Wildman–Crippen MR) is 114 cm³/mol. The molecule has 0 saturated carbocycles. The zero-order chi connectivity index (χ0) is 18.5. The molecule has 1 aliphatic rings. The van der Waals surface area contributed by atoms with Gasteiger partial charge in [-0.25, -0.2) is 0 Å². The Morgan fingerprint density at radius 2 is 2.00 bits per heavy atom. The van der Waals surface area contributed by atoms with Crippen LogP contribution in [0.3, 0.4) is 0 Å². The molecule has 6 heteroatoms. The molecule has 0 atom stereocenters. The molecule has 0 aliphatic carbocycles. The fourth-order valence-electron chi connectivity index (χ4n) is 2.52. The number of benzene rings is 2. The van der Waals surface area contributed by atoms with E-state index in [2.05, 4.69) is 22.0 Å². The van der Waals surface area contributed by atoms with Crippen LogP contribution in [-0.2, 0) is 4.79 Å². The Morgan fingerprint density at radius 1 is 1.15 bits per heavy atom. The molecule has 0 N–H and O–H groups in total. The molecule has 0 aromatic heterocycles. The van der Waals surface area contributed by atoms with E-state index in [-0.39, 0.29) is 5.91 Å². The Balaban J connectivity index is 1.75. The van der Waals surface area contributed by atoms with Crippen molar-refractivity contribution in [3.63, 3.8) is 0 Å². The molecule has 2 aromatic carbocycles. The Kier molecular flexibility index (Phi) is 6.87. The lowest BCUT2D eigenvalue weighted by Crippen LogP contribution is -2.32. The van der Waals surface area contributed by atoms with Gasteiger partial charge in [-0.3, -0.25) is 4.79 Å². The van der Waals surface area contributed by atoms with E-state index in [1.54, 1.807) is 28.8 Å². The largest absolute Gasteiger partial charge is 0.335 e. The van der Waals surface area contributed by atoms with Crippen LogP contribution in [0.5, 0.6) is 0 Å². The minimum absolute atomic E-state index is 0.0193. The van der Waals surface area contributed by atoms with Crippen LogP contribution in [0.15, 0.2) is 68.9 Å². The first-order valence-corrected chi connectivity index (χ1v) is 10.4. The molecule has 0 saturated heterocycles. The maximum atomic E-state index is 12.2. The molecule has 0 fully saturated rings. The van der Waals surface area contributed by atoms with Crippen LogP contribution in [0.4, 0.5) is 0 Å². The third kappa shape index (κ3) is 4.95. The van der Waals surface area contributed by atoms with Gasteiger partial charge in [-0.05, 0) is 42.3 Å². The monoisotopic (exact) mass is 467 g/mol. The lowest BCUT2D eigenvalue weighted by atomic mass is 10.2. The van der Waals surface area contributed by atoms with E-state index in [4.69, 9.17) is 23.2 Å². The summed E-state index contributed by atoms with van der Waals surface area (Å²) in [6.07, 6.45) is 8.27. The van der Waals surface area contributed by atoms with Crippen molar-refractivity contribution < 1.29 is 4.79 Å². The van der Waals surface area contributed by atoms with Gasteiger partial charge in [0.05, 0.1) is 10.0 Å². The highest BCUT2D eigenvalue weighted by molar-refractivity contribution is 9.10. The Morgan fingerprint density at radius 3 is 2.73 bits per heavy atom. The van der Waals surface area contributed by atoms with Crippen molar-refractivity contribution in [3.8, 4) is 0 Å². The molecule has 1 aliphatic heterocycles. The normalized spacial score (nSPS) is 14.2. The topological polar surface area (TPSA) is 20.3 Å². The first-order valence-electron chi connectivity index (χ1n) is 8.08. The molecular weight excluding hydrogens is 453 g/mol. The van der Waals surface area contributed by atoms with Gasteiger partial charge in [-0.1, -0.05) is 75.2 Å². The Bertz CT molecular complexity index is 882. The summed E-state index contributed by atoms with van der Waals surface area (Å²) in [7, 11) is 0. The fraction of sp³-hybridized carbons (Fsp3) is 0.150. The first kappa shape index (κ1) is 19.6. The zero-order valence-corrected chi connectivity index (χ0v) is 17.7. The van der Waals surface area contributed by atoms with Crippen molar-refractivity contribution >= 4 is 62.9 Å². The summed E-state index contributed by atoms with van der Waals surface area (Å²) in [6, 6.07) is 11.8. The summed E-state index contributed by atoms with van der Waals surface area (Å²) in [5.41, 5.74) is 0.733. The summed E-state index contributed by atoms with van der Waals surface area (Å²) < 4.78 is 1.01. The van der Waals surface area contributed by atoms with Crippen LogP contribution in [-0.4, -0.2) is 23.9 Å². The maximum absolute atomic E-state index is 12.2.